The standard InChI is InChI=1S/C22H34N2O3S/c1-7-8-9-10-16(2)24(23(6)17-14-27-15-17)19-13-18(11-12-22(3,4)5)28-20(19)21(25)26/h13,17,19-20H,2,7-10,14-15H2,1,3-6H3,(H,25,26). The number of allylic oxidation sites excluding steroid dienone is 2. The molecule has 2 heterocycles. The van der Waals surface area contributed by atoms with Crippen LogP contribution in [-0.4, -0.2) is 58.7 Å². The first-order valence-corrected chi connectivity index (χ1v) is 10.9. The molecule has 28 heavy (non-hydrogen) atoms. The Balaban J connectivity index is 2.30. The number of thioether (sulfide) groups is 1. The molecule has 0 saturated carbocycles. The molecule has 156 valence electrons. The molecule has 6 heteroatoms. The molecule has 0 aromatic heterocycles. The van der Waals surface area contributed by atoms with E-state index in [0.717, 1.165) is 36.3 Å². The average Bonchev–Trinajstić information content (AvgIpc) is 2.95. The molecule has 2 aliphatic rings. The van der Waals surface area contributed by atoms with Gasteiger partial charge in [-0.2, -0.15) is 0 Å². The van der Waals surface area contributed by atoms with E-state index in [0.29, 0.717) is 13.2 Å². The van der Waals surface area contributed by atoms with Crippen LogP contribution in [0.2, 0.25) is 0 Å². The number of ether oxygens (including phenoxy) is 1. The first-order chi connectivity index (χ1) is 13.1. The summed E-state index contributed by atoms with van der Waals surface area (Å²) in [6.07, 6.45) is 6.20. The number of carboxylic acids is 1. The fraction of sp³-hybridized carbons (Fsp3) is 0.682. The Bertz CT molecular complexity index is 667. The number of aliphatic carboxylic acids is 1. The summed E-state index contributed by atoms with van der Waals surface area (Å²) < 4.78 is 5.36. The summed E-state index contributed by atoms with van der Waals surface area (Å²) in [5.41, 5.74) is 0.836. The van der Waals surface area contributed by atoms with Gasteiger partial charge in [0, 0.05) is 18.2 Å². The third kappa shape index (κ3) is 6.04. The van der Waals surface area contributed by atoms with Gasteiger partial charge in [0.15, 0.2) is 0 Å². The van der Waals surface area contributed by atoms with E-state index in [1.54, 1.807) is 0 Å². The molecule has 2 atom stereocenters. The summed E-state index contributed by atoms with van der Waals surface area (Å²) in [7, 11) is 2.01. The Hall–Kier alpha value is -1.42. The van der Waals surface area contributed by atoms with Crippen LogP contribution in [0.3, 0.4) is 0 Å². The summed E-state index contributed by atoms with van der Waals surface area (Å²) in [6, 6.07) is -0.0491. The van der Waals surface area contributed by atoms with Gasteiger partial charge >= 0.3 is 5.97 Å². The number of hydrazine groups is 1. The second-order valence-corrected chi connectivity index (χ2v) is 9.71. The van der Waals surface area contributed by atoms with Crippen molar-refractivity contribution in [2.24, 2.45) is 5.41 Å². The molecule has 1 saturated heterocycles. The summed E-state index contributed by atoms with van der Waals surface area (Å²) in [4.78, 5) is 12.9. The van der Waals surface area contributed by atoms with Gasteiger partial charge in [-0.15, -0.1) is 0 Å². The summed E-state index contributed by atoms with van der Waals surface area (Å²) in [6.45, 7) is 14.0. The van der Waals surface area contributed by atoms with E-state index < -0.39 is 11.2 Å². The molecule has 0 amide bonds. The number of hydrogen-bond acceptors (Lipinski definition) is 5. The first kappa shape index (κ1) is 22.9. The molecule has 0 spiro atoms. The largest absolute Gasteiger partial charge is 0.480 e. The maximum Gasteiger partial charge on any atom is 0.319 e. The lowest BCUT2D eigenvalue weighted by Crippen LogP contribution is -2.58. The highest BCUT2D eigenvalue weighted by molar-refractivity contribution is 8.04. The molecule has 2 aliphatic heterocycles. The summed E-state index contributed by atoms with van der Waals surface area (Å²) in [5, 5.41) is 13.5. The lowest BCUT2D eigenvalue weighted by atomic mass is 9.98. The zero-order valence-electron chi connectivity index (χ0n) is 17.8. The minimum atomic E-state index is -0.816. The second kappa shape index (κ2) is 9.87. The number of hydrogen-bond donors (Lipinski definition) is 1. The molecule has 1 N–H and O–H groups in total. The van der Waals surface area contributed by atoms with Gasteiger partial charge in [0.25, 0.3) is 0 Å². The van der Waals surface area contributed by atoms with Gasteiger partial charge in [-0.1, -0.05) is 49.9 Å². The molecule has 0 aliphatic carbocycles. The van der Waals surface area contributed by atoms with Gasteiger partial charge in [0.05, 0.1) is 30.2 Å². The Morgan fingerprint density at radius 1 is 1.39 bits per heavy atom. The molecule has 0 aromatic carbocycles. The molecule has 2 rings (SSSR count). The van der Waals surface area contributed by atoms with Gasteiger partial charge < -0.3 is 14.9 Å². The normalized spacial score (nSPS) is 22.3. The molecular formula is C22H34N2O3S. The highest BCUT2D eigenvalue weighted by Gasteiger charge is 2.41. The predicted octanol–water partition coefficient (Wildman–Crippen LogP) is 4.13. The second-order valence-electron chi connectivity index (χ2n) is 8.53. The Kier molecular flexibility index (Phi) is 8.06. The number of nitrogens with zero attached hydrogens (tertiary/aromatic N) is 2. The highest BCUT2D eigenvalue weighted by atomic mass is 32.2. The van der Waals surface area contributed by atoms with Crippen LogP contribution in [0.5, 0.6) is 0 Å². The molecule has 5 nitrogen and oxygen atoms in total. The van der Waals surface area contributed by atoms with Gasteiger partial charge in [0.1, 0.15) is 5.25 Å². The fourth-order valence-corrected chi connectivity index (χ4v) is 4.19. The van der Waals surface area contributed by atoms with E-state index in [1.807, 2.05) is 13.1 Å². The zero-order valence-corrected chi connectivity index (χ0v) is 18.6. The van der Waals surface area contributed by atoms with Crippen LogP contribution in [0.25, 0.3) is 0 Å². The zero-order chi connectivity index (χ0) is 20.9. The van der Waals surface area contributed by atoms with E-state index >= 15 is 0 Å². The van der Waals surface area contributed by atoms with E-state index in [9.17, 15) is 9.90 Å². The number of rotatable bonds is 9. The van der Waals surface area contributed by atoms with Crippen LogP contribution in [0.1, 0.15) is 53.4 Å². The van der Waals surface area contributed by atoms with Gasteiger partial charge in [-0.3, -0.25) is 4.79 Å². The molecule has 0 bridgehead atoms. The fourth-order valence-electron chi connectivity index (χ4n) is 3.16. The lowest BCUT2D eigenvalue weighted by Gasteiger charge is -2.46. The molecular weight excluding hydrogens is 372 g/mol. The molecule has 0 radical (unpaired) electrons. The van der Waals surface area contributed by atoms with E-state index in [2.05, 4.69) is 56.1 Å². The van der Waals surface area contributed by atoms with Crippen LogP contribution >= 0.6 is 11.8 Å². The Morgan fingerprint density at radius 2 is 2.07 bits per heavy atom. The quantitative estimate of drug-likeness (QED) is 0.353. The molecule has 2 unspecified atom stereocenters. The van der Waals surface area contributed by atoms with Crippen molar-refractivity contribution in [2.45, 2.75) is 70.7 Å². The SMILES string of the molecule is C=C(CCCCC)N(C1C=C(C#CC(C)(C)C)SC1C(=O)O)N(C)C1COC1. The van der Waals surface area contributed by atoms with E-state index in [4.69, 9.17) is 4.74 Å². The van der Waals surface area contributed by atoms with Crippen molar-refractivity contribution in [1.82, 2.24) is 10.0 Å². The van der Waals surface area contributed by atoms with Gasteiger partial charge in [-0.05, 0) is 39.7 Å². The van der Waals surface area contributed by atoms with Crippen LogP contribution < -0.4 is 0 Å². The van der Waals surface area contributed by atoms with Crippen molar-refractivity contribution in [3.8, 4) is 11.8 Å². The minimum absolute atomic E-state index is 0.123. The predicted molar refractivity (Wildman–Crippen MR) is 116 cm³/mol. The van der Waals surface area contributed by atoms with Gasteiger partial charge in [0.2, 0.25) is 0 Å². The van der Waals surface area contributed by atoms with Crippen molar-refractivity contribution in [1.29, 1.82) is 0 Å². The Labute approximate surface area is 174 Å². The molecule has 1 fully saturated rings. The topological polar surface area (TPSA) is 53.0 Å². The van der Waals surface area contributed by atoms with Crippen molar-refractivity contribution < 1.29 is 14.6 Å². The van der Waals surface area contributed by atoms with Crippen molar-refractivity contribution in [3.63, 3.8) is 0 Å². The Morgan fingerprint density at radius 3 is 2.57 bits per heavy atom. The van der Waals surface area contributed by atoms with E-state index in [1.165, 1.54) is 11.8 Å². The van der Waals surface area contributed by atoms with E-state index in [-0.39, 0.29) is 17.5 Å². The lowest BCUT2D eigenvalue weighted by molar-refractivity contribution is -0.147. The maximum absolute atomic E-state index is 12.0. The summed E-state index contributed by atoms with van der Waals surface area (Å²) in [5.74, 6) is 5.60. The van der Waals surface area contributed by atoms with Crippen LogP contribution in [0.15, 0.2) is 23.3 Å². The number of carboxylic acid groups (broad SMARTS) is 1. The van der Waals surface area contributed by atoms with Crippen molar-refractivity contribution in [2.75, 3.05) is 20.3 Å². The minimum Gasteiger partial charge on any atom is -0.480 e. The number of unbranched alkanes of at least 4 members (excludes halogenated alkanes) is 2. The molecule has 0 aromatic rings. The van der Waals surface area contributed by atoms with Crippen LogP contribution in [-0.2, 0) is 9.53 Å². The smallest absolute Gasteiger partial charge is 0.319 e. The van der Waals surface area contributed by atoms with Crippen molar-refractivity contribution in [3.05, 3.63) is 23.3 Å². The third-order valence-corrected chi connectivity index (χ3v) is 6.08. The summed E-state index contributed by atoms with van der Waals surface area (Å²) >= 11 is 1.34. The van der Waals surface area contributed by atoms with Crippen LogP contribution in [0.4, 0.5) is 0 Å². The number of carbonyl (C=O) groups is 1. The first-order valence-electron chi connectivity index (χ1n) is 10.1. The highest BCUT2D eigenvalue weighted by Crippen LogP contribution is 2.38. The van der Waals surface area contributed by atoms with Crippen molar-refractivity contribution >= 4 is 17.7 Å². The van der Waals surface area contributed by atoms with Crippen LogP contribution in [0, 0.1) is 17.3 Å². The maximum atomic E-state index is 12.0. The number of likely N-dealkylation sites (N-methyl/N-ethyl adjacent to an activating group) is 1. The van der Waals surface area contributed by atoms with Gasteiger partial charge in [-0.25, -0.2) is 5.01 Å². The average molecular weight is 407 g/mol. The monoisotopic (exact) mass is 406 g/mol. The third-order valence-electron chi connectivity index (χ3n) is 4.85.